The Labute approximate surface area is 171 Å². The number of carbonyl (C=O) groups is 1. The molecule has 1 saturated heterocycles. The van der Waals surface area contributed by atoms with Gasteiger partial charge in [0.2, 0.25) is 0 Å². The number of nitrogens with zero attached hydrogens (tertiary/aromatic N) is 4. The molecule has 0 bridgehead atoms. The summed E-state index contributed by atoms with van der Waals surface area (Å²) in [5.41, 5.74) is 2.44. The average Bonchev–Trinajstić information content (AvgIpc) is 2.79. The van der Waals surface area contributed by atoms with Crippen LogP contribution in [0, 0.1) is 0 Å². The molecule has 0 saturated carbocycles. The fourth-order valence-electron chi connectivity index (χ4n) is 3.53. The Balaban J connectivity index is 1.56. The van der Waals surface area contributed by atoms with E-state index < -0.39 is 0 Å². The predicted molar refractivity (Wildman–Crippen MR) is 114 cm³/mol. The molecule has 0 aliphatic carbocycles. The van der Waals surface area contributed by atoms with Crippen molar-refractivity contribution in [2.24, 2.45) is 0 Å². The molecule has 1 aromatic heterocycles. The summed E-state index contributed by atoms with van der Waals surface area (Å²) in [6.07, 6.45) is 1.47. The Morgan fingerprint density at radius 3 is 2.07 bits per heavy atom. The van der Waals surface area contributed by atoms with Crippen molar-refractivity contribution >= 4 is 11.7 Å². The first-order valence-corrected chi connectivity index (χ1v) is 9.87. The maximum atomic E-state index is 13.1. The molecule has 1 aliphatic rings. The Bertz CT molecular complexity index is 900. The van der Waals surface area contributed by atoms with Crippen molar-refractivity contribution in [3.05, 3.63) is 89.9 Å². The standard InChI is InChI=1S/C23H25N5O/c1-27-12-14-28(15-13-27)21-16-20(24-17-25-21)23(29)26-22(18-8-4-2-5-9-18)19-10-6-3-7-11-19/h2-11,16-17,22H,12-15H2,1H3,(H,26,29). The maximum absolute atomic E-state index is 13.1. The molecule has 0 radical (unpaired) electrons. The van der Waals surface area contributed by atoms with Crippen molar-refractivity contribution in [1.29, 1.82) is 0 Å². The zero-order chi connectivity index (χ0) is 20.1. The molecule has 148 valence electrons. The van der Waals surface area contributed by atoms with Crippen LogP contribution in [0.3, 0.4) is 0 Å². The van der Waals surface area contributed by atoms with Gasteiger partial charge in [0, 0.05) is 32.2 Å². The fraction of sp³-hybridized carbons (Fsp3) is 0.261. The molecule has 1 amide bonds. The highest BCUT2D eigenvalue weighted by molar-refractivity contribution is 5.93. The number of rotatable bonds is 5. The van der Waals surface area contributed by atoms with E-state index in [4.69, 9.17) is 0 Å². The van der Waals surface area contributed by atoms with E-state index in [1.54, 1.807) is 6.07 Å². The SMILES string of the molecule is CN1CCN(c2cc(C(=O)NC(c3ccccc3)c3ccccc3)ncn2)CC1. The Morgan fingerprint density at radius 1 is 0.897 bits per heavy atom. The minimum atomic E-state index is -0.244. The smallest absolute Gasteiger partial charge is 0.270 e. The maximum Gasteiger partial charge on any atom is 0.270 e. The zero-order valence-electron chi connectivity index (χ0n) is 16.5. The second-order valence-electron chi connectivity index (χ2n) is 7.28. The van der Waals surface area contributed by atoms with Crippen molar-refractivity contribution in [3.63, 3.8) is 0 Å². The molecule has 1 fully saturated rings. The van der Waals surface area contributed by atoms with Crippen molar-refractivity contribution in [3.8, 4) is 0 Å². The highest BCUT2D eigenvalue weighted by Crippen LogP contribution is 2.22. The van der Waals surface area contributed by atoms with Gasteiger partial charge in [-0.2, -0.15) is 0 Å². The van der Waals surface area contributed by atoms with Gasteiger partial charge in [0.15, 0.2) is 0 Å². The molecule has 0 spiro atoms. The minimum absolute atomic E-state index is 0.208. The Hall–Kier alpha value is -3.25. The van der Waals surface area contributed by atoms with E-state index in [1.807, 2.05) is 60.7 Å². The molecule has 6 heteroatoms. The highest BCUT2D eigenvalue weighted by atomic mass is 16.1. The topological polar surface area (TPSA) is 61.4 Å². The first kappa shape index (κ1) is 19.1. The van der Waals surface area contributed by atoms with Crippen molar-refractivity contribution in [2.45, 2.75) is 6.04 Å². The van der Waals surface area contributed by atoms with Crippen LogP contribution < -0.4 is 10.2 Å². The summed E-state index contributed by atoms with van der Waals surface area (Å²) >= 11 is 0. The van der Waals surface area contributed by atoms with Gasteiger partial charge in [0.05, 0.1) is 6.04 Å². The van der Waals surface area contributed by atoms with Crippen LogP contribution in [0.4, 0.5) is 5.82 Å². The molecule has 3 aromatic rings. The highest BCUT2D eigenvalue weighted by Gasteiger charge is 2.21. The minimum Gasteiger partial charge on any atom is -0.354 e. The first-order valence-electron chi connectivity index (χ1n) is 9.87. The molecule has 2 aromatic carbocycles. The summed E-state index contributed by atoms with van der Waals surface area (Å²) in [6, 6.07) is 21.5. The summed E-state index contributed by atoms with van der Waals surface area (Å²) in [5.74, 6) is 0.592. The summed E-state index contributed by atoms with van der Waals surface area (Å²) in [7, 11) is 2.11. The lowest BCUT2D eigenvalue weighted by atomic mass is 9.98. The van der Waals surface area contributed by atoms with E-state index in [-0.39, 0.29) is 11.9 Å². The fourth-order valence-corrected chi connectivity index (χ4v) is 3.53. The second kappa shape index (κ2) is 8.84. The van der Waals surface area contributed by atoms with Gasteiger partial charge in [-0.15, -0.1) is 0 Å². The van der Waals surface area contributed by atoms with E-state index in [0.717, 1.165) is 43.1 Å². The average molecular weight is 387 g/mol. The van der Waals surface area contributed by atoms with Crippen LogP contribution >= 0.6 is 0 Å². The number of amides is 1. The number of nitrogens with one attached hydrogen (secondary N) is 1. The van der Waals surface area contributed by atoms with Crippen LogP contribution in [0.2, 0.25) is 0 Å². The van der Waals surface area contributed by atoms with Gasteiger partial charge in [0.1, 0.15) is 17.8 Å². The summed E-state index contributed by atoms with van der Waals surface area (Å²) < 4.78 is 0. The van der Waals surface area contributed by atoms with Crippen LogP contribution in [-0.2, 0) is 0 Å². The van der Waals surface area contributed by atoms with Crippen molar-refractivity contribution in [2.75, 3.05) is 38.1 Å². The van der Waals surface area contributed by atoms with Gasteiger partial charge < -0.3 is 15.1 Å². The van der Waals surface area contributed by atoms with Gasteiger partial charge in [-0.05, 0) is 18.2 Å². The van der Waals surface area contributed by atoms with E-state index in [0.29, 0.717) is 5.69 Å². The number of carbonyl (C=O) groups excluding carboxylic acids is 1. The molecule has 1 aliphatic heterocycles. The number of likely N-dealkylation sites (N-methyl/N-ethyl adjacent to an activating group) is 1. The van der Waals surface area contributed by atoms with Gasteiger partial charge in [0.25, 0.3) is 5.91 Å². The number of benzene rings is 2. The lowest BCUT2D eigenvalue weighted by Gasteiger charge is -2.33. The van der Waals surface area contributed by atoms with Crippen LogP contribution in [-0.4, -0.2) is 54.0 Å². The number of aromatic nitrogens is 2. The monoisotopic (exact) mass is 387 g/mol. The van der Waals surface area contributed by atoms with Gasteiger partial charge in [-0.1, -0.05) is 60.7 Å². The van der Waals surface area contributed by atoms with Crippen LogP contribution in [0.1, 0.15) is 27.7 Å². The normalized spacial score (nSPS) is 14.8. The molecular weight excluding hydrogens is 362 g/mol. The van der Waals surface area contributed by atoms with Crippen LogP contribution in [0.25, 0.3) is 0 Å². The third-order valence-electron chi connectivity index (χ3n) is 5.25. The Morgan fingerprint density at radius 2 is 1.48 bits per heavy atom. The first-order chi connectivity index (χ1) is 14.2. The zero-order valence-corrected chi connectivity index (χ0v) is 16.5. The molecule has 2 heterocycles. The van der Waals surface area contributed by atoms with Crippen LogP contribution in [0.5, 0.6) is 0 Å². The van der Waals surface area contributed by atoms with Crippen molar-refractivity contribution < 1.29 is 4.79 Å². The summed E-state index contributed by atoms with van der Waals surface area (Å²) in [4.78, 5) is 26.2. The number of hydrogen-bond acceptors (Lipinski definition) is 5. The lowest BCUT2D eigenvalue weighted by Crippen LogP contribution is -2.45. The van der Waals surface area contributed by atoms with E-state index in [1.165, 1.54) is 6.33 Å². The molecule has 0 atom stereocenters. The quantitative estimate of drug-likeness (QED) is 0.729. The molecule has 29 heavy (non-hydrogen) atoms. The third-order valence-corrected chi connectivity index (χ3v) is 5.25. The molecule has 1 N–H and O–H groups in total. The van der Waals surface area contributed by atoms with Gasteiger partial charge in [-0.3, -0.25) is 4.79 Å². The second-order valence-corrected chi connectivity index (χ2v) is 7.28. The summed E-state index contributed by atoms with van der Waals surface area (Å²) in [6.45, 7) is 3.75. The molecule has 6 nitrogen and oxygen atoms in total. The van der Waals surface area contributed by atoms with Crippen LogP contribution in [0.15, 0.2) is 73.1 Å². The number of anilines is 1. The lowest BCUT2D eigenvalue weighted by molar-refractivity contribution is 0.0937. The molecule has 0 unspecified atom stereocenters. The number of hydrogen-bond donors (Lipinski definition) is 1. The van der Waals surface area contributed by atoms with Crippen molar-refractivity contribution in [1.82, 2.24) is 20.2 Å². The molecular formula is C23H25N5O. The van der Waals surface area contributed by atoms with Gasteiger partial charge in [-0.25, -0.2) is 9.97 Å². The predicted octanol–water partition coefficient (Wildman–Crippen LogP) is 2.75. The van der Waals surface area contributed by atoms with E-state index >= 15 is 0 Å². The largest absolute Gasteiger partial charge is 0.354 e. The van der Waals surface area contributed by atoms with E-state index in [9.17, 15) is 4.79 Å². The third kappa shape index (κ3) is 4.60. The molecule has 4 rings (SSSR count). The number of piperazine rings is 1. The van der Waals surface area contributed by atoms with Gasteiger partial charge >= 0.3 is 0 Å². The Kier molecular flexibility index (Phi) is 5.81. The van der Waals surface area contributed by atoms with E-state index in [2.05, 4.69) is 32.1 Å². The summed E-state index contributed by atoms with van der Waals surface area (Å²) in [5, 5.41) is 3.15.